The van der Waals surface area contributed by atoms with Crippen molar-refractivity contribution < 1.29 is 13.9 Å². The summed E-state index contributed by atoms with van der Waals surface area (Å²) in [7, 11) is 3.21. The summed E-state index contributed by atoms with van der Waals surface area (Å²) >= 11 is 0. The molecule has 0 aliphatic carbocycles. The molecule has 0 spiro atoms. The molecular weight excluding hydrogens is 245 g/mol. The highest BCUT2D eigenvalue weighted by atomic mass is 19.1. The highest BCUT2D eigenvalue weighted by Crippen LogP contribution is 2.40. The standard InChI is InChI=1S/C15H22FNO2/c1-10(16)11-8-12(13-6-4-5-7-17-13)15(19-3)14(9-11)18-2/h8-10,13,17H,4-7H2,1-3H3. The molecule has 106 valence electrons. The molecule has 3 nitrogen and oxygen atoms in total. The summed E-state index contributed by atoms with van der Waals surface area (Å²) in [4.78, 5) is 0. The average molecular weight is 267 g/mol. The average Bonchev–Trinajstić information content (AvgIpc) is 2.46. The zero-order valence-electron chi connectivity index (χ0n) is 11.8. The molecule has 2 atom stereocenters. The van der Waals surface area contributed by atoms with Gasteiger partial charge in [0.2, 0.25) is 0 Å². The Morgan fingerprint density at radius 2 is 2.05 bits per heavy atom. The first kappa shape index (κ1) is 14.1. The number of halogens is 1. The Kier molecular flexibility index (Phi) is 4.64. The largest absolute Gasteiger partial charge is 0.493 e. The van der Waals surface area contributed by atoms with E-state index in [9.17, 15) is 4.39 Å². The molecule has 2 rings (SSSR count). The molecule has 0 aromatic heterocycles. The number of methoxy groups -OCH3 is 2. The van der Waals surface area contributed by atoms with Crippen LogP contribution < -0.4 is 14.8 Å². The molecule has 1 heterocycles. The Morgan fingerprint density at radius 1 is 1.26 bits per heavy atom. The van der Waals surface area contributed by atoms with Gasteiger partial charge in [0.05, 0.1) is 14.2 Å². The lowest BCUT2D eigenvalue weighted by Crippen LogP contribution is -2.27. The quantitative estimate of drug-likeness (QED) is 0.905. The summed E-state index contributed by atoms with van der Waals surface area (Å²) in [5.74, 6) is 1.32. The lowest BCUT2D eigenvalue weighted by atomic mass is 9.94. The highest BCUT2D eigenvalue weighted by molar-refractivity contribution is 5.51. The van der Waals surface area contributed by atoms with Crippen molar-refractivity contribution in [1.82, 2.24) is 5.32 Å². The van der Waals surface area contributed by atoms with E-state index in [0.29, 0.717) is 17.1 Å². The van der Waals surface area contributed by atoms with Crippen molar-refractivity contribution in [3.05, 3.63) is 23.3 Å². The maximum atomic E-state index is 13.6. The second-order valence-electron chi connectivity index (χ2n) is 4.96. The number of hydrogen-bond acceptors (Lipinski definition) is 3. The Balaban J connectivity index is 2.45. The van der Waals surface area contributed by atoms with Crippen molar-refractivity contribution in [2.24, 2.45) is 0 Å². The first-order valence-electron chi connectivity index (χ1n) is 6.80. The van der Waals surface area contributed by atoms with Crippen molar-refractivity contribution in [2.45, 2.75) is 38.4 Å². The molecule has 2 unspecified atom stereocenters. The first-order chi connectivity index (χ1) is 9.17. The van der Waals surface area contributed by atoms with Crippen LogP contribution >= 0.6 is 0 Å². The molecule has 1 aliphatic rings. The van der Waals surface area contributed by atoms with Crippen LogP contribution in [-0.2, 0) is 0 Å². The van der Waals surface area contributed by atoms with E-state index in [1.807, 2.05) is 6.07 Å². The van der Waals surface area contributed by atoms with Gasteiger partial charge in [-0.15, -0.1) is 0 Å². The van der Waals surface area contributed by atoms with E-state index in [-0.39, 0.29) is 6.04 Å². The second kappa shape index (κ2) is 6.24. The van der Waals surface area contributed by atoms with Crippen LogP contribution in [0.3, 0.4) is 0 Å². The van der Waals surface area contributed by atoms with Gasteiger partial charge in [-0.2, -0.15) is 0 Å². The maximum absolute atomic E-state index is 13.6. The van der Waals surface area contributed by atoms with Crippen molar-refractivity contribution in [3.63, 3.8) is 0 Å². The van der Waals surface area contributed by atoms with Gasteiger partial charge >= 0.3 is 0 Å². The van der Waals surface area contributed by atoms with Crippen LogP contribution in [0.15, 0.2) is 12.1 Å². The fourth-order valence-electron chi connectivity index (χ4n) is 2.62. The molecule has 0 amide bonds. The van der Waals surface area contributed by atoms with Gasteiger partial charge in [-0.1, -0.05) is 6.42 Å². The third-order valence-electron chi connectivity index (χ3n) is 3.67. The van der Waals surface area contributed by atoms with Gasteiger partial charge in [0.25, 0.3) is 0 Å². The van der Waals surface area contributed by atoms with Gasteiger partial charge in [-0.05, 0) is 44.0 Å². The number of ether oxygens (including phenoxy) is 2. The first-order valence-corrected chi connectivity index (χ1v) is 6.80. The molecule has 1 aromatic carbocycles. The molecule has 0 bridgehead atoms. The van der Waals surface area contributed by atoms with E-state index in [4.69, 9.17) is 9.47 Å². The van der Waals surface area contributed by atoms with Gasteiger partial charge in [0.1, 0.15) is 6.17 Å². The molecule has 0 saturated carbocycles. The van der Waals surface area contributed by atoms with Crippen LogP contribution in [0.1, 0.15) is 49.5 Å². The zero-order chi connectivity index (χ0) is 13.8. The lowest BCUT2D eigenvalue weighted by Gasteiger charge is -2.27. The smallest absolute Gasteiger partial charge is 0.165 e. The van der Waals surface area contributed by atoms with E-state index in [1.165, 1.54) is 12.8 Å². The molecule has 1 fully saturated rings. The number of hydrogen-bond donors (Lipinski definition) is 1. The molecule has 1 aliphatic heterocycles. The Bertz CT molecular complexity index is 428. The van der Waals surface area contributed by atoms with Crippen LogP contribution in [0.2, 0.25) is 0 Å². The predicted octanol–water partition coefficient (Wildman–Crippen LogP) is 3.55. The van der Waals surface area contributed by atoms with E-state index in [0.717, 1.165) is 18.5 Å². The fraction of sp³-hybridized carbons (Fsp3) is 0.600. The number of alkyl halides is 1. The molecule has 0 radical (unpaired) electrons. The van der Waals surface area contributed by atoms with Gasteiger partial charge in [-0.3, -0.25) is 0 Å². The number of rotatable bonds is 4. The predicted molar refractivity (Wildman–Crippen MR) is 73.7 cm³/mol. The van der Waals surface area contributed by atoms with Crippen LogP contribution in [0.25, 0.3) is 0 Å². The van der Waals surface area contributed by atoms with Gasteiger partial charge in [0, 0.05) is 11.6 Å². The minimum atomic E-state index is -1.01. The normalized spacial score (nSPS) is 20.9. The summed E-state index contributed by atoms with van der Waals surface area (Å²) in [5, 5.41) is 3.47. The Hall–Kier alpha value is -1.29. The summed E-state index contributed by atoms with van der Waals surface area (Å²) in [5.41, 5.74) is 1.64. The maximum Gasteiger partial charge on any atom is 0.165 e. The van der Waals surface area contributed by atoms with E-state index >= 15 is 0 Å². The highest BCUT2D eigenvalue weighted by Gasteiger charge is 2.23. The molecule has 19 heavy (non-hydrogen) atoms. The van der Waals surface area contributed by atoms with Crippen molar-refractivity contribution in [2.75, 3.05) is 20.8 Å². The molecule has 1 N–H and O–H groups in total. The van der Waals surface area contributed by atoms with Crippen LogP contribution in [0, 0.1) is 0 Å². The summed E-state index contributed by atoms with van der Waals surface area (Å²) in [6.45, 7) is 2.53. The lowest BCUT2D eigenvalue weighted by molar-refractivity contribution is 0.332. The molecular formula is C15H22FNO2. The van der Waals surface area contributed by atoms with Gasteiger partial charge in [0.15, 0.2) is 11.5 Å². The summed E-state index contributed by atoms with van der Waals surface area (Å²) in [6, 6.07) is 3.83. The second-order valence-corrected chi connectivity index (χ2v) is 4.96. The molecule has 4 heteroatoms. The minimum Gasteiger partial charge on any atom is -0.493 e. The summed E-state index contributed by atoms with van der Waals surface area (Å²) < 4.78 is 24.4. The molecule has 1 saturated heterocycles. The fourth-order valence-corrected chi connectivity index (χ4v) is 2.62. The van der Waals surface area contributed by atoms with E-state index in [2.05, 4.69) is 5.32 Å². The van der Waals surface area contributed by atoms with Crippen molar-refractivity contribution in [1.29, 1.82) is 0 Å². The van der Waals surface area contributed by atoms with E-state index in [1.54, 1.807) is 27.2 Å². The van der Waals surface area contributed by atoms with E-state index < -0.39 is 6.17 Å². The van der Waals surface area contributed by atoms with Gasteiger partial charge in [-0.25, -0.2) is 4.39 Å². The summed E-state index contributed by atoms with van der Waals surface area (Å²) in [6.07, 6.45) is 2.40. The Morgan fingerprint density at radius 3 is 2.58 bits per heavy atom. The zero-order valence-corrected chi connectivity index (χ0v) is 11.8. The number of benzene rings is 1. The number of piperidine rings is 1. The third kappa shape index (κ3) is 3.00. The third-order valence-corrected chi connectivity index (χ3v) is 3.67. The SMILES string of the molecule is COc1cc(C(C)F)cc(C2CCCCN2)c1OC. The number of nitrogens with one attached hydrogen (secondary N) is 1. The van der Waals surface area contributed by atoms with Crippen LogP contribution in [-0.4, -0.2) is 20.8 Å². The Labute approximate surface area is 114 Å². The van der Waals surface area contributed by atoms with Crippen molar-refractivity contribution >= 4 is 0 Å². The van der Waals surface area contributed by atoms with Crippen LogP contribution in [0.4, 0.5) is 4.39 Å². The topological polar surface area (TPSA) is 30.5 Å². The van der Waals surface area contributed by atoms with Crippen LogP contribution in [0.5, 0.6) is 11.5 Å². The molecule has 1 aromatic rings. The van der Waals surface area contributed by atoms with Crippen molar-refractivity contribution in [3.8, 4) is 11.5 Å². The monoisotopic (exact) mass is 267 g/mol. The minimum absolute atomic E-state index is 0.219. The van der Waals surface area contributed by atoms with Gasteiger partial charge < -0.3 is 14.8 Å².